The Morgan fingerprint density at radius 1 is 1.22 bits per heavy atom. The van der Waals surface area contributed by atoms with Crippen molar-refractivity contribution < 1.29 is 20.1 Å². The van der Waals surface area contributed by atoms with Crippen molar-refractivity contribution in [3.63, 3.8) is 0 Å². The smallest absolute Gasteiger partial charge is 0.181 e. The lowest BCUT2D eigenvalue weighted by Crippen LogP contribution is -2.40. The fourth-order valence-corrected chi connectivity index (χ4v) is 0.784. The van der Waals surface area contributed by atoms with Crippen LogP contribution in [0.1, 0.15) is 6.42 Å². The maximum Gasteiger partial charge on any atom is 0.181 e. The first kappa shape index (κ1) is 6.95. The highest BCUT2D eigenvalue weighted by molar-refractivity contribution is 4.70. The van der Waals surface area contributed by atoms with Crippen LogP contribution in [0, 0.1) is 0 Å². The normalized spacial score (nSPS) is 45.0. The molecule has 0 aromatic rings. The maximum absolute atomic E-state index is 8.81. The van der Waals surface area contributed by atoms with Crippen LogP contribution < -0.4 is 0 Å². The molecule has 4 heteroatoms. The van der Waals surface area contributed by atoms with Crippen LogP contribution in [0.5, 0.6) is 0 Å². The summed E-state index contributed by atoms with van der Waals surface area (Å²) in [4.78, 5) is 0. The van der Waals surface area contributed by atoms with Gasteiger partial charge in [-0.2, -0.15) is 0 Å². The quantitative estimate of drug-likeness (QED) is 0.375. The summed E-state index contributed by atoms with van der Waals surface area (Å²) in [5.74, 6) is 0. The molecule has 1 aliphatic heterocycles. The van der Waals surface area contributed by atoms with E-state index >= 15 is 0 Å². The van der Waals surface area contributed by atoms with Crippen LogP contribution in [0.3, 0.4) is 0 Å². The second-order valence-electron chi connectivity index (χ2n) is 2.18. The van der Waals surface area contributed by atoms with Gasteiger partial charge >= 0.3 is 0 Å². The minimum atomic E-state index is -1.12. The predicted octanol–water partition coefficient (Wildman–Crippen LogP) is -1.55. The molecule has 0 amide bonds. The van der Waals surface area contributed by atoms with Gasteiger partial charge in [-0.3, -0.25) is 0 Å². The Labute approximate surface area is 52.7 Å². The molecule has 0 aliphatic carbocycles. The second-order valence-corrected chi connectivity index (χ2v) is 2.18. The average molecular weight is 134 g/mol. The van der Waals surface area contributed by atoms with E-state index in [9.17, 15) is 0 Å². The zero-order valence-electron chi connectivity index (χ0n) is 4.90. The van der Waals surface area contributed by atoms with Crippen LogP contribution in [0.15, 0.2) is 0 Å². The lowest BCUT2D eigenvalue weighted by Gasteiger charge is -2.26. The van der Waals surface area contributed by atoms with Gasteiger partial charge < -0.3 is 20.1 Å². The van der Waals surface area contributed by atoms with Crippen molar-refractivity contribution in [3.05, 3.63) is 0 Å². The van der Waals surface area contributed by atoms with E-state index < -0.39 is 18.5 Å². The third-order valence-electron chi connectivity index (χ3n) is 1.30. The summed E-state index contributed by atoms with van der Waals surface area (Å²) in [5, 5.41) is 26.3. The summed E-state index contributed by atoms with van der Waals surface area (Å²) in [7, 11) is 0. The molecule has 1 heterocycles. The topological polar surface area (TPSA) is 69.9 Å². The molecule has 2 unspecified atom stereocenters. The van der Waals surface area contributed by atoms with Gasteiger partial charge in [0.2, 0.25) is 0 Å². The van der Waals surface area contributed by atoms with Crippen molar-refractivity contribution in [1.29, 1.82) is 0 Å². The maximum atomic E-state index is 8.81. The lowest BCUT2D eigenvalue weighted by molar-refractivity contribution is -0.211. The molecule has 1 fully saturated rings. The minimum absolute atomic E-state index is 0.109. The van der Waals surface area contributed by atoms with Crippen LogP contribution in [-0.2, 0) is 4.74 Å². The Bertz CT molecular complexity index is 95.0. The van der Waals surface area contributed by atoms with E-state index in [0.717, 1.165) is 0 Å². The Morgan fingerprint density at radius 3 is 2.33 bits per heavy atom. The summed E-state index contributed by atoms with van der Waals surface area (Å²) in [6.45, 7) is 0.109. The molecule has 0 aromatic carbocycles. The molecule has 9 heavy (non-hydrogen) atoms. The fourth-order valence-electron chi connectivity index (χ4n) is 0.784. The Morgan fingerprint density at radius 2 is 1.89 bits per heavy atom. The van der Waals surface area contributed by atoms with Crippen molar-refractivity contribution in [2.45, 2.75) is 24.9 Å². The summed E-state index contributed by atoms with van der Waals surface area (Å²) < 4.78 is 4.56. The SMILES string of the molecule is OC1CO[C@@H](O)C(O)C1. The monoisotopic (exact) mass is 134 g/mol. The molecule has 0 saturated carbocycles. The standard InChI is InChI=1S/C5H10O4/c6-3-1-4(7)5(8)9-2-3/h3-8H,1-2H2/t3?,4?,5-/m1/s1. The van der Waals surface area contributed by atoms with Gasteiger partial charge in [-0.15, -0.1) is 0 Å². The molecule has 0 radical (unpaired) electrons. The number of rotatable bonds is 0. The number of aliphatic hydroxyl groups excluding tert-OH is 3. The van der Waals surface area contributed by atoms with E-state index in [1.54, 1.807) is 0 Å². The number of hydrogen-bond donors (Lipinski definition) is 3. The lowest BCUT2D eigenvalue weighted by atomic mass is 10.1. The zero-order valence-corrected chi connectivity index (χ0v) is 4.90. The Balaban J connectivity index is 2.35. The van der Waals surface area contributed by atoms with Crippen molar-refractivity contribution in [1.82, 2.24) is 0 Å². The summed E-state index contributed by atoms with van der Waals surface area (Å²) in [5.41, 5.74) is 0. The van der Waals surface area contributed by atoms with Crippen molar-refractivity contribution in [2.24, 2.45) is 0 Å². The number of aliphatic hydroxyl groups is 3. The molecule has 0 aromatic heterocycles. The highest BCUT2D eigenvalue weighted by Crippen LogP contribution is 2.11. The van der Waals surface area contributed by atoms with Gasteiger partial charge in [0.05, 0.1) is 12.7 Å². The van der Waals surface area contributed by atoms with Gasteiger partial charge in [0, 0.05) is 6.42 Å². The van der Waals surface area contributed by atoms with Crippen LogP contribution in [0.2, 0.25) is 0 Å². The van der Waals surface area contributed by atoms with Crippen molar-refractivity contribution in [3.8, 4) is 0 Å². The first-order valence-electron chi connectivity index (χ1n) is 2.86. The Kier molecular flexibility index (Phi) is 2.02. The van der Waals surface area contributed by atoms with Gasteiger partial charge in [-0.05, 0) is 0 Å². The summed E-state index contributed by atoms with van der Waals surface area (Å²) >= 11 is 0. The highest BCUT2D eigenvalue weighted by atomic mass is 16.6. The molecular weight excluding hydrogens is 124 g/mol. The molecule has 0 bridgehead atoms. The molecule has 3 N–H and O–H groups in total. The minimum Gasteiger partial charge on any atom is -0.391 e. The molecule has 1 saturated heterocycles. The average Bonchev–Trinajstić information content (AvgIpc) is 1.80. The van der Waals surface area contributed by atoms with Crippen LogP contribution in [0.25, 0.3) is 0 Å². The van der Waals surface area contributed by atoms with E-state index in [2.05, 4.69) is 4.74 Å². The zero-order chi connectivity index (χ0) is 6.85. The van der Waals surface area contributed by atoms with E-state index in [-0.39, 0.29) is 13.0 Å². The molecule has 1 rings (SSSR count). The first-order valence-corrected chi connectivity index (χ1v) is 2.86. The third kappa shape index (κ3) is 1.62. The Hall–Kier alpha value is -0.160. The highest BCUT2D eigenvalue weighted by Gasteiger charge is 2.26. The number of hydrogen-bond acceptors (Lipinski definition) is 4. The molecule has 54 valence electrons. The van der Waals surface area contributed by atoms with Gasteiger partial charge in [-0.25, -0.2) is 0 Å². The van der Waals surface area contributed by atoms with Crippen LogP contribution in [0.4, 0.5) is 0 Å². The third-order valence-corrected chi connectivity index (χ3v) is 1.30. The van der Waals surface area contributed by atoms with Crippen molar-refractivity contribution >= 4 is 0 Å². The second kappa shape index (κ2) is 2.62. The van der Waals surface area contributed by atoms with Gasteiger partial charge in [0.25, 0.3) is 0 Å². The van der Waals surface area contributed by atoms with Crippen molar-refractivity contribution in [2.75, 3.05) is 6.61 Å². The largest absolute Gasteiger partial charge is 0.391 e. The first-order chi connectivity index (χ1) is 4.20. The van der Waals surface area contributed by atoms with Gasteiger partial charge in [0.1, 0.15) is 6.10 Å². The molecule has 0 spiro atoms. The molecular formula is C5H10O4. The predicted molar refractivity (Wildman–Crippen MR) is 28.6 cm³/mol. The van der Waals surface area contributed by atoms with Crippen LogP contribution >= 0.6 is 0 Å². The van der Waals surface area contributed by atoms with E-state index in [0.29, 0.717) is 0 Å². The summed E-state index contributed by atoms with van der Waals surface area (Å²) in [6.07, 6.45) is -2.49. The van der Waals surface area contributed by atoms with Crippen LogP contribution in [-0.4, -0.2) is 40.4 Å². The van der Waals surface area contributed by atoms with Gasteiger partial charge in [0.15, 0.2) is 6.29 Å². The molecule has 3 atom stereocenters. The van der Waals surface area contributed by atoms with E-state index in [4.69, 9.17) is 15.3 Å². The van der Waals surface area contributed by atoms with Gasteiger partial charge in [-0.1, -0.05) is 0 Å². The summed E-state index contributed by atoms with van der Waals surface area (Å²) in [6, 6.07) is 0. The van der Waals surface area contributed by atoms with E-state index in [1.165, 1.54) is 0 Å². The number of ether oxygens (including phenoxy) is 1. The molecule has 4 nitrogen and oxygen atoms in total. The fraction of sp³-hybridized carbons (Fsp3) is 1.00. The van der Waals surface area contributed by atoms with E-state index in [1.807, 2.05) is 0 Å². The molecule has 1 aliphatic rings.